The second kappa shape index (κ2) is 5.76. The fourth-order valence-electron chi connectivity index (χ4n) is 3.50. The van der Waals surface area contributed by atoms with Crippen molar-refractivity contribution in [2.24, 2.45) is 11.3 Å². The molecule has 0 amide bonds. The van der Waals surface area contributed by atoms with Crippen LogP contribution in [0.3, 0.4) is 0 Å². The summed E-state index contributed by atoms with van der Waals surface area (Å²) in [6.45, 7) is 8.69. The van der Waals surface area contributed by atoms with E-state index in [-0.39, 0.29) is 17.4 Å². The standard InChI is InChI=1S/C16H28N2O2/c1-11(2)18-14(13(20-5)10-17-18)15(19)12-8-6-7-9-16(12,3)4/h10-12,15,19H,6-9H2,1-5H3. The number of rotatable bonds is 4. The molecular formula is C16H28N2O2. The van der Waals surface area contributed by atoms with Crippen LogP contribution in [0.15, 0.2) is 6.20 Å². The van der Waals surface area contributed by atoms with Crippen LogP contribution in [0.4, 0.5) is 0 Å². The summed E-state index contributed by atoms with van der Waals surface area (Å²) < 4.78 is 7.31. The highest BCUT2D eigenvalue weighted by Crippen LogP contribution is 2.48. The third kappa shape index (κ3) is 2.71. The zero-order valence-electron chi connectivity index (χ0n) is 13.4. The van der Waals surface area contributed by atoms with Crippen molar-refractivity contribution >= 4 is 0 Å². The summed E-state index contributed by atoms with van der Waals surface area (Å²) in [5.41, 5.74) is 0.997. The van der Waals surface area contributed by atoms with Crippen molar-refractivity contribution in [2.75, 3.05) is 7.11 Å². The van der Waals surface area contributed by atoms with Gasteiger partial charge in [-0.15, -0.1) is 0 Å². The molecule has 0 radical (unpaired) electrons. The van der Waals surface area contributed by atoms with Gasteiger partial charge in [0, 0.05) is 6.04 Å². The minimum absolute atomic E-state index is 0.161. The highest BCUT2D eigenvalue weighted by atomic mass is 16.5. The first-order valence-electron chi connectivity index (χ1n) is 7.68. The maximum atomic E-state index is 11.0. The first-order valence-corrected chi connectivity index (χ1v) is 7.68. The molecule has 0 saturated heterocycles. The average Bonchev–Trinajstić information content (AvgIpc) is 2.81. The van der Waals surface area contributed by atoms with Crippen LogP contribution in [0.2, 0.25) is 0 Å². The molecule has 2 atom stereocenters. The summed E-state index contributed by atoms with van der Waals surface area (Å²) in [7, 11) is 1.64. The summed E-state index contributed by atoms with van der Waals surface area (Å²) >= 11 is 0. The highest BCUT2D eigenvalue weighted by Gasteiger charge is 2.40. The Kier molecular flexibility index (Phi) is 4.43. The summed E-state index contributed by atoms with van der Waals surface area (Å²) in [4.78, 5) is 0. The number of nitrogens with zero attached hydrogens (tertiary/aromatic N) is 2. The summed E-state index contributed by atoms with van der Waals surface area (Å²) in [6.07, 6.45) is 5.91. The van der Waals surface area contributed by atoms with E-state index in [1.165, 1.54) is 19.3 Å². The van der Waals surface area contributed by atoms with Crippen molar-refractivity contribution in [3.63, 3.8) is 0 Å². The van der Waals surface area contributed by atoms with Crippen molar-refractivity contribution in [3.05, 3.63) is 11.9 Å². The average molecular weight is 280 g/mol. The Morgan fingerprint density at radius 2 is 2.10 bits per heavy atom. The molecule has 2 rings (SSSR count). The number of aromatic nitrogens is 2. The van der Waals surface area contributed by atoms with Gasteiger partial charge < -0.3 is 9.84 Å². The van der Waals surface area contributed by atoms with E-state index in [1.807, 2.05) is 4.68 Å². The lowest BCUT2D eigenvalue weighted by atomic mass is 9.66. The Labute approximate surface area is 122 Å². The molecule has 1 heterocycles. The van der Waals surface area contributed by atoms with E-state index in [0.29, 0.717) is 5.75 Å². The molecule has 0 spiro atoms. The SMILES string of the molecule is COc1cnn(C(C)C)c1C(O)C1CCCCC1(C)C. The normalized spacial score (nSPS) is 23.9. The van der Waals surface area contributed by atoms with Crippen LogP contribution in [-0.4, -0.2) is 22.0 Å². The Bertz CT molecular complexity index is 451. The van der Waals surface area contributed by atoms with Gasteiger partial charge in [-0.05, 0) is 38.0 Å². The monoisotopic (exact) mass is 280 g/mol. The van der Waals surface area contributed by atoms with Gasteiger partial charge >= 0.3 is 0 Å². The molecule has 1 aromatic heterocycles. The van der Waals surface area contributed by atoms with E-state index in [0.717, 1.165) is 12.1 Å². The fraction of sp³-hybridized carbons (Fsp3) is 0.812. The first-order chi connectivity index (χ1) is 9.38. The summed E-state index contributed by atoms with van der Waals surface area (Å²) in [6, 6.07) is 0.218. The molecule has 1 saturated carbocycles. The van der Waals surface area contributed by atoms with Gasteiger partial charge in [0.15, 0.2) is 5.75 Å². The summed E-state index contributed by atoms with van der Waals surface area (Å²) in [5, 5.41) is 15.4. The lowest BCUT2D eigenvalue weighted by molar-refractivity contribution is -0.00283. The van der Waals surface area contributed by atoms with Gasteiger partial charge in [0.05, 0.1) is 13.3 Å². The number of methoxy groups -OCH3 is 1. The molecule has 1 fully saturated rings. The highest BCUT2D eigenvalue weighted by molar-refractivity contribution is 5.28. The van der Waals surface area contributed by atoms with E-state index in [2.05, 4.69) is 32.8 Å². The maximum absolute atomic E-state index is 11.0. The molecule has 114 valence electrons. The largest absolute Gasteiger partial charge is 0.493 e. The molecule has 4 nitrogen and oxygen atoms in total. The van der Waals surface area contributed by atoms with Gasteiger partial charge in [0.1, 0.15) is 11.8 Å². The van der Waals surface area contributed by atoms with E-state index >= 15 is 0 Å². The van der Waals surface area contributed by atoms with Gasteiger partial charge in [-0.1, -0.05) is 26.7 Å². The van der Waals surface area contributed by atoms with E-state index in [9.17, 15) is 5.11 Å². The molecule has 1 aliphatic carbocycles. The third-order valence-electron chi connectivity index (χ3n) is 4.76. The van der Waals surface area contributed by atoms with E-state index < -0.39 is 6.10 Å². The quantitative estimate of drug-likeness (QED) is 0.914. The topological polar surface area (TPSA) is 47.3 Å². The summed E-state index contributed by atoms with van der Waals surface area (Å²) in [5.74, 6) is 0.965. The lowest BCUT2D eigenvalue weighted by Gasteiger charge is -2.41. The van der Waals surface area contributed by atoms with Gasteiger partial charge in [0.2, 0.25) is 0 Å². The van der Waals surface area contributed by atoms with Crippen molar-refractivity contribution < 1.29 is 9.84 Å². The maximum Gasteiger partial charge on any atom is 0.162 e. The van der Waals surface area contributed by atoms with Gasteiger partial charge in [-0.3, -0.25) is 4.68 Å². The first kappa shape index (κ1) is 15.4. The molecule has 0 aliphatic heterocycles. The van der Waals surface area contributed by atoms with Crippen molar-refractivity contribution in [1.29, 1.82) is 0 Å². The number of ether oxygens (including phenoxy) is 1. The molecule has 20 heavy (non-hydrogen) atoms. The van der Waals surface area contributed by atoms with Crippen LogP contribution in [-0.2, 0) is 0 Å². The zero-order valence-corrected chi connectivity index (χ0v) is 13.4. The molecule has 4 heteroatoms. The van der Waals surface area contributed by atoms with Gasteiger partial charge in [-0.25, -0.2) is 0 Å². The van der Waals surface area contributed by atoms with Crippen LogP contribution in [0.5, 0.6) is 5.75 Å². The Balaban J connectivity index is 2.36. The van der Waals surface area contributed by atoms with Crippen molar-refractivity contribution in [3.8, 4) is 5.75 Å². The third-order valence-corrected chi connectivity index (χ3v) is 4.76. The molecule has 2 unspecified atom stereocenters. The molecule has 1 aromatic rings. The number of hydrogen-bond donors (Lipinski definition) is 1. The Hall–Kier alpha value is -1.03. The second-order valence-corrected chi connectivity index (χ2v) is 6.92. The zero-order chi connectivity index (χ0) is 14.9. The Morgan fingerprint density at radius 3 is 2.65 bits per heavy atom. The van der Waals surface area contributed by atoms with Crippen LogP contribution in [0.25, 0.3) is 0 Å². The minimum Gasteiger partial charge on any atom is -0.493 e. The predicted octanol–water partition coefficient (Wildman–Crippen LogP) is 3.72. The van der Waals surface area contributed by atoms with Crippen LogP contribution < -0.4 is 4.74 Å². The van der Waals surface area contributed by atoms with E-state index in [1.54, 1.807) is 13.3 Å². The van der Waals surface area contributed by atoms with Crippen molar-refractivity contribution in [2.45, 2.75) is 65.5 Å². The molecule has 1 aliphatic rings. The number of aliphatic hydroxyl groups is 1. The van der Waals surface area contributed by atoms with Crippen LogP contribution in [0, 0.1) is 11.3 Å². The smallest absolute Gasteiger partial charge is 0.162 e. The van der Waals surface area contributed by atoms with Crippen molar-refractivity contribution in [1.82, 2.24) is 9.78 Å². The fourth-order valence-corrected chi connectivity index (χ4v) is 3.50. The number of hydrogen-bond acceptors (Lipinski definition) is 3. The Morgan fingerprint density at radius 1 is 1.40 bits per heavy atom. The minimum atomic E-state index is -0.509. The molecule has 0 bridgehead atoms. The van der Waals surface area contributed by atoms with Crippen LogP contribution in [0.1, 0.15) is 71.2 Å². The van der Waals surface area contributed by atoms with E-state index in [4.69, 9.17) is 4.74 Å². The molecule has 0 aromatic carbocycles. The molecular weight excluding hydrogens is 252 g/mol. The van der Waals surface area contributed by atoms with Gasteiger partial charge in [-0.2, -0.15) is 5.10 Å². The lowest BCUT2D eigenvalue weighted by Crippen LogP contribution is -2.33. The second-order valence-electron chi connectivity index (χ2n) is 6.92. The number of aliphatic hydroxyl groups excluding tert-OH is 1. The van der Waals surface area contributed by atoms with Crippen LogP contribution >= 0.6 is 0 Å². The molecule has 1 N–H and O–H groups in total. The predicted molar refractivity (Wildman–Crippen MR) is 79.9 cm³/mol. The van der Waals surface area contributed by atoms with Gasteiger partial charge in [0.25, 0.3) is 0 Å².